The molecule has 2 heterocycles. The van der Waals surface area contributed by atoms with Gasteiger partial charge in [-0.3, -0.25) is 10.00 Å². The van der Waals surface area contributed by atoms with Gasteiger partial charge in [0.1, 0.15) is 5.60 Å². The lowest BCUT2D eigenvalue weighted by Gasteiger charge is -2.36. The molecule has 0 radical (unpaired) electrons. The lowest BCUT2D eigenvalue weighted by Crippen LogP contribution is -2.45. The largest absolute Gasteiger partial charge is 0.444 e. The van der Waals surface area contributed by atoms with Gasteiger partial charge >= 0.3 is 6.09 Å². The highest BCUT2D eigenvalue weighted by molar-refractivity contribution is 5.69. The molecule has 22 heavy (non-hydrogen) atoms. The van der Waals surface area contributed by atoms with Crippen molar-refractivity contribution in [1.29, 1.82) is 0 Å². The van der Waals surface area contributed by atoms with E-state index < -0.39 is 5.60 Å². The lowest BCUT2D eigenvalue weighted by atomic mass is 9.80. The van der Waals surface area contributed by atoms with Gasteiger partial charge in [-0.1, -0.05) is 12.5 Å². The van der Waals surface area contributed by atoms with Crippen LogP contribution in [0.5, 0.6) is 0 Å². The summed E-state index contributed by atoms with van der Waals surface area (Å²) in [5.74, 6) is 0.556. The van der Waals surface area contributed by atoms with Crippen LogP contribution in [-0.2, 0) is 17.7 Å². The van der Waals surface area contributed by atoms with E-state index in [-0.39, 0.29) is 12.1 Å². The molecule has 1 aromatic rings. The molecule has 2 aliphatic rings. The number of carbonyl (C=O) groups is 1. The summed E-state index contributed by atoms with van der Waals surface area (Å²) >= 11 is 0. The van der Waals surface area contributed by atoms with Gasteiger partial charge in [0, 0.05) is 23.6 Å². The van der Waals surface area contributed by atoms with Crippen LogP contribution in [0, 0.1) is 0 Å². The molecule has 120 valence electrons. The minimum Gasteiger partial charge on any atom is -0.444 e. The molecule has 1 aliphatic heterocycles. The molecule has 1 aromatic heterocycles. The monoisotopic (exact) mass is 303 g/mol. The van der Waals surface area contributed by atoms with E-state index in [4.69, 9.17) is 4.74 Å². The van der Waals surface area contributed by atoms with Crippen molar-refractivity contribution >= 4 is 6.09 Å². The fourth-order valence-corrected chi connectivity index (χ4v) is 3.12. The highest BCUT2D eigenvalue weighted by atomic mass is 16.6. The van der Waals surface area contributed by atoms with Crippen molar-refractivity contribution in [2.45, 2.75) is 70.6 Å². The third kappa shape index (κ3) is 2.76. The molecular formula is C17H25N3O2. The Morgan fingerprint density at radius 3 is 2.73 bits per heavy atom. The van der Waals surface area contributed by atoms with E-state index in [0.717, 1.165) is 17.8 Å². The Hall–Kier alpha value is -1.78. The number of fused-ring (bicyclic) bond motifs is 1. The van der Waals surface area contributed by atoms with Gasteiger partial charge < -0.3 is 4.74 Å². The molecule has 1 amide bonds. The summed E-state index contributed by atoms with van der Waals surface area (Å²) in [6, 6.07) is -0.0444. The fourth-order valence-electron chi connectivity index (χ4n) is 3.12. The summed E-state index contributed by atoms with van der Waals surface area (Å²) in [6.45, 7) is 10.1. The first-order valence-electron chi connectivity index (χ1n) is 8.07. The summed E-state index contributed by atoms with van der Waals surface area (Å²) in [7, 11) is 0. The van der Waals surface area contributed by atoms with E-state index in [1.807, 2.05) is 26.8 Å². The first-order valence-corrected chi connectivity index (χ1v) is 8.07. The van der Waals surface area contributed by atoms with Crippen molar-refractivity contribution in [3.63, 3.8) is 0 Å². The number of hydrogen-bond acceptors (Lipinski definition) is 3. The first-order chi connectivity index (χ1) is 10.4. The second-order valence-electron chi connectivity index (χ2n) is 7.31. The zero-order valence-corrected chi connectivity index (χ0v) is 13.7. The van der Waals surface area contributed by atoms with Crippen LogP contribution in [0.1, 0.15) is 62.9 Å². The number of nitrogens with zero attached hydrogens (tertiary/aromatic N) is 2. The normalized spacial score (nSPS) is 22.0. The van der Waals surface area contributed by atoms with Gasteiger partial charge in [-0.25, -0.2) is 4.79 Å². The average Bonchev–Trinajstić information content (AvgIpc) is 2.76. The number of aromatic nitrogens is 2. The van der Waals surface area contributed by atoms with Crippen molar-refractivity contribution in [2.75, 3.05) is 0 Å². The van der Waals surface area contributed by atoms with Crippen molar-refractivity contribution in [1.82, 2.24) is 15.1 Å². The van der Waals surface area contributed by atoms with E-state index in [1.165, 1.54) is 24.8 Å². The summed E-state index contributed by atoms with van der Waals surface area (Å²) in [4.78, 5) is 14.3. The van der Waals surface area contributed by atoms with E-state index >= 15 is 0 Å². The van der Waals surface area contributed by atoms with E-state index in [9.17, 15) is 4.79 Å². The van der Waals surface area contributed by atoms with Gasteiger partial charge in [0.05, 0.1) is 18.3 Å². The quantitative estimate of drug-likeness (QED) is 0.850. The van der Waals surface area contributed by atoms with Crippen molar-refractivity contribution in [2.24, 2.45) is 0 Å². The molecule has 5 nitrogen and oxygen atoms in total. The molecule has 1 N–H and O–H groups in total. The molecule has 3 rings (SSSR count). The maximum absolute atomic E-state index is 12.5. The highest BCUT2D eigenvalue weighted by Crippen LogP contribution is 2.39. The standard InChI is InChI=1S/C17H25N3O2/c1-5-12-9-14-13(15(19-18-14)11-7-6-8-11)10-20(12)16(21)22-17(2,3)4/h5,11-12H,1,6-10H2,2-4H3,(H,18,19). The molecule has 1 atom stereocenters. The molecule has 1 saturated carbocycles. The van der Waals surface area contributed by atoms with Gasteiger partial charge in [-0.15, -0.1) is 6.58 Å². The Bertz CT molecular complexity index is 581. The summed E-state index contributed by atoms with van der Waals surface area (Å²) < 4.78 is 5.55. The van der Waals surface area contributed by atoms with E-state index in [0.29, 0.717) is 12.5 Å². The number of ether oxygens (including phenoxy) is 1. The van der Waals surface area contributed by atoms with Crippen LogP contribution < -0.4 is 0 Å². The minimum absolute atomic E-state index is 0.0444. The number of rotatable bonds is 2. The molecule has 1 aliphatic carbocycles. The van der Waals surface area contributed by atoms with Gasteiger partial charge in [0.2, 0.25) is 0 Å². The van der Waals surface area contributed by atoms with Crippen LogP contribution >= 0.6 is 0 Å². The Balaban J connectivity index is 1.84. The smallest absolute Gasteiger partial charge is 0.411 e. The minimum atomic E-state index is -0.490. The molecule has 5 heteroatoms. The van der Waals surface area contributed by atoms with Crippen LogP contribution in [0.2, 0.25) is 0 Å². The van der Waals surface area contributed by atoms with Crippen LogP contribution in [0.4, 0.5) is 4.79 Å². The van der Waals surface area contributed by atoms with Crippen molar-refractivity contribution < 1.29 is 9.53 Å². The zero-order valence-electron chi connectivity index (χ0n) is 13.7. The molecule has 1 fully saturated rings. The van der Waals surface area contributed by atoms with Crippen molar-refractivity contribution in [3.05, 3.63) is 29.6 Å². The summed E-state index contributed by atoms with van der Waals surface area (Å²) in [5.41, 5.74) is 2.99. The van der Waals surface area contributed by atoms with E-state index in [2.05, 4.69) is 16.8 Å². The second-order valence-corrected chi connectivity index (χ2v) is 7.31. The van der Waals surface area contributed by atoms with E-state index in [1.54, 1.807) is 4.90 Å². The number of nitrogens with one attached hydrogen (secondary N) is 1. The number of H-pyrrole nitrogens is 1. The molecular weight excluding hydrogens is 278 g/mol. The highest BCUT2D eigenvalue weighted by Gasteiger charge is 2.36. The molecule has 1 unspecified atom stereocenters. The second kappa shape index (κ2) is 5.45. The van der Waals surface area contributed by atoms with Crippen LogP contribution in [-0.4, -0.2) is 32.8 Å². The zero-order chi connectivity index (χ0) is 15.9. The van der Waals surface area contributed by atoms with Gasteiger partial charge in [0.15, 0.2) is 0 Å². The van der Waals surface area contributed by atoms with Crippen LogP contribution in [0.25, 0.3) is 0 Å². The van der Waals surface area contributed by atoms with Crippen molar-refractivity contribution in [3.8, 4) is 0 Å². The Kier molecular flexibility index (Phi) is 3.75. The van der Waals surface area contributed by atoms with Gasteiger partial charge in [0.25, 0.3) is 0 Å². The Morgan fingerprint density at radius 1 is 1.45 bits per heavy atom. The third-order valence-corrected chi connectivity index (χ3v) is 4.52. The molecule has 0 aromatic carbocycles. The number of amides is 1. The third-order valence-electron chi connectivity index (χ3n) is 4.52. The molecule has 0 spiro atoms. The maximum atomic E-state index is 12.5. The van der Waals surface area contributed by atoms with Crippen LogP contribution in [0.3, 0.4) is 0 Å². The average molecular weight is 303 g/mol. The Labute approximate surface area is 131 Å². The number of hydrogen-bond donors (Lipinski definition) is 1. The Morgan fingerprint density at radius 2 is 2.18 bits per heavy atom. The predicted molar refractivity (Wildman–Crippen MR) is 84.6 cm³/mol. The predicted octanol–water partition coefficient (Wildman–Crippen LogP) is 3.53. The van der Waals surface area contributed by atoms with Crippen LogP contribution in [0.15, 0.2) is 12.7 Å². The topological polar surface area (TPSA) is 58.2 Å². The molecule has 0 bridgehead atoms. The van der Waals surface area contributed by atoms with Gasteiger partial charge in [-0.05, 0) is 33.6 Å². The maximum Gasteiger partial charge on any atom is 0.411 e. The summed E-state index contributed by atoms with van der Waals surface area (Å²) in [5, 5.41) is 7.69. The first kappa shape index (κ1) is 15.1. The lowest BCUT2D eigenvalue weighted by molar-refractivity contribution is 0.0163. The van der Waals surface area contributed by atoms with Gasteiger partial charge in [-0.2, -0.15) is 5.10 Å². The molecule has 0 saturated heterocycles. The fraction of sp³-hybridized carbons (Fsp3) is 0.647. The summed E-state index contributed by atoms with van der Waals surface area (Å²) in [6.07, 6.45) is 5.96. The number of carbonyl (C=O) groups excluding carboxylic acids is 1. The SMILES string of the molecule is C=CC1Cc2[nH]nc(C3CCC3)c2CN1C(=O)OC(C)(C)C. The number of aromatic amines is 1.